The van der Waals surface area contributed by atoms with Gasteiger partial charge in [-0.3, -0.25) is 19.2 Å². The van der Waals surface area contributed by atoms with Crippen molar-refractivity contribution in [1.29, 1.82) is 0 Å². The second-order valence-corrected chi connectivity index (χ2v) is 19.5. The third kappa shape index (κ3) is 14.1. The Kier molecular flexibility index (Phi) is 20.9. The first-order valence-electron chi connectivity index (χ1n) is 22.6. The maximum Gasteiger partial charge on any atom is 0.259 e. The van der Waals surface area contributed by atoms with Gasteiger partial charge in [-0.15, -0.1) is 0 Å². The molecule has 1 aromatic rings. The van der Waals surface area contributed by atoms with Gasteiger partial charge in [0.15, 0.2) is 0 Å². The number of amides is 4. The maximum absolute atomic E-state index is 14.0. The highest BCUT2D eigenvalue weighted by molar-refractivity contribution is 7.44. The Morgan fingerprint density at radius 1 is 0.600 bits per heavy atom. The third-order valence-corrected chi connectivity index (χ3v) is 14.3. The van der Waals surface area contributed by atoms with Crippen molar-refractivity contribution in [3.05, 3.63) is 17.7 Å². The van der Waals surface area contributed by atoms with E-state index in [9.17, 15) is 19.2 Å². The van der Waals surface area contributed by atoms with E-state index in [2.05, 4.69) is 21.3 Å². The van der Waals surface area contributed by atoms with Gasteiger partial charge in [-0.25, -0.2) is 4.67 Å². The lowest BCUT2D eigenvalue weighted by Crippen LogP contribution is -2.57. The van der Waals surface area contributed by atoms with Gasteiger partial charge in [0.05, 0.1) is 36.4 Å². The van der Waals surface area contributed by atoms with E-state index in [0.717, 1.165) is 0 Å². The molecule has 1 aromatic carbocycles. The van der Waals surface area contributed by atoms with Crippen LogP contribution in [0.1, 0.15) is 113 Å². The zero-order valence-electron chi connectivity index (χ0n) is 40.7. The van der Waals surface area contributed by atoms with Gasteiger partial charge in [-0.2, -0.15) is 14.7 Å². The number of rotatable bonds is 21. The molecular formula is C44H74N5O15P. The van der Waals surface area contributed by atoms with Crippen molar-refractivity contribution in [3.8, 4) is 17.2 Å². The number of nitrogens with zero attached hydrogens (tertiary/aromatic N) is 1. The van der Waals surface area contributed by atoms with Crippen LogP contribution >= 0.6 is 8.53 Å². The zero-order chi connectivity index (χ0) is 48.3. The number of carbonyl (C=O) groups is 4. The van der Waals surface area contributed by atoms with Crippen LogP contribution in [0.3, 0.4) is 0 Å². The summed E-state index contributed by atoms with van der Waals surface area (Å²) in [5.74, 6) is -2.49. The maximum atomic E-state index is 14.0. The molecule has 0 bridgehead atoms. The van der Waals surface area contributed by atoms with Crippen molar-refractivity contribution < 1.29 is 71.8 Å². The van der Waals surface area contributed by atoms with Gasteiger partial charge in [0.2, 0.25) is 48.1 Å². The Bertz CT molecular complexity index is 1660. The van der Waals surface area contributed by atoms with Crippen molar-refractivity contribution in [3.63, 3.8) is 0 Å². The van der Waals surface area contributed by atoms with Gasteiger partial charge in [0.25, 0.3) is 20.2 Å². The van der Waals surface area contributed by atoms with Crippen LogP contribution in [0.15, 0.2) is 12.1 Å². The van der Waals surface area contributed by atoms with E-state index >= 15 is 0 Å². The van der Waals surface area contributed by atoms with E-state index in [1.807, 2.05) is 62.3 Å². The molecule has 65 heavy (non-hydrogen) atoms. The molecular weight excluding hydrogens is 869 g/mol. The van der Waals surface area contributed by atoms with Gasteiger partial charge in [0.1, 0.15) is 6.73 Å². The van der Waals surface area contributed by atoms with Crippen molar-refractivity contribution in [1.82, 2.24) is 25.9 Å². The summed E-state index contributed by atoms with van der Waals surface area (Å²) in [5, 5.41) is 11.5. The summed E-state index contributed by atoms with van der Waals surface area (Å²) in [5.41, 5.74) is -0.0314. The van der Waals surface area contributed by atoms with E-state index in [1.165, 1.54) is 40.0 Å². The van der Waals surface area contributed by atoms with E-state index in [1.54, 1.807) is 18.8 Å². The summed E-state index contributed by atoms with van der Waals surface area (Å²) in [7, 11) is 3.58. The van der Waals surface area contributed by atoms with Crippen LogP contribution in [0, 0.1) is 35.5 Å². The number of benzene rings is 1. The molecule has 3 fully saturated rings. The second kappa shape index (κ2) is 25.1. The summed E-state index contributed by atoms with van der Waals surface area (Å²) in [6, 6.07) is 0.714. The highest BCUT2D eigenvalue weighted by atomic mass is 31.2. The SMILES string of the molecule is CC[C@H]1O[C@@H](OOc2cc(C(=O)NCOP(OC)N(C)C)cc(OO[C@@H]3O[C@H](CC)[C@H](C)[C@H](C)[C@H]3NC(C)=O)c2OO[C@@H]2O[C@H](CC)[C@H](C)[C@H](C)[C@H]2NC(C)=O)[C@H](NC(C)=O)[C@@H](C)[C@H]1C. The molecule has 0 radical (unpaired) electrons. The molecule has 3 aliphatic heterocycles. The Labute approximate surface area is 385 Å². The first kappa shape index (κ1) is 54.2. The summed E-state index contributed by atoms with van der Waals surface area (Å²) in [6.07, 6.45) is -2.19. The molecule has 3 heterocycles. The number of hydrogen-bond donors (Lipinski definition) is 4. The highest BCUT2D eigenvalue weighted by Gasteiger charge is 2.46. The molecule has 0 aromatic heterocycles. The minimum absolute atomic E-state index is 0.0314. The Morgan fingerprint density at radius 2 is 0.954 bits per heavy atom. The van der Waals surface area contributed by atoms with E-state index in [-0.39, 0.29) is 101 Å². The Morgan fingerprint density at radius 3 is 1.26 bits per heavy atom. The largest absolute Gasteiger partial charge is 0.348 e. The van der Waals surface area contributed by atoms with Gasteiger partial charge in [-0.1, -0.05) is 62.3 Å². The van der Waals surface area contributed by atoms with Crippen LogP contribution in [0.4, 0.5) is 0 Å². The molecule has 4 rings (SSSR count). The Balaban J connectivity index is 1.83. The van der Waals surface area contributed by atoms with Gasteiger partial charge in [-0.05, 0) is 68.9 Å². The molecule has 0 aliphatic carbocycles. The third-order valence-electron chi connectivity index (χ3n) is 12.9. The molecule has 0 spiro atoms. The molecule has 4 amide bonds. The fraction of sp³-hybridized carbons (Fsp3) is 0.773. The van der Waals surface area contributed by atoms with E-state index in [0.29, 0.717) is 19.3 Å². The van der Waals surface area contributed by atoms with E-state index in [4.69, 9.17) is 52.6 Å². The van der Waals surface area contributed by atoms with Crippen LogP contribution in [-0.4, -0.2) is 112 Å². The van der Waals surface area contributed by atoms with Crippen LogP contribution < -0.4 is 35.9 Å². The number of hydrogen-bond acceptors (Lipinski definition) is 16. The second-order valence-electron chi connectivity index (χ2n) is 17.6. The minimum Gasteiger partial charge on any atom is -0.348 e. The first-order valence-corrected chi connectivity index (χ1v) is 23.8. The molecule has 3 saturated heterocycles. The first-order chi connectivity index (χ1) is 30.8. The molecule has 3 aliphatic rings. The predicted molar refractivity (Wildman–Crippen MR) is 237 cm³/mol. The average molecular weight is 944 g/mol. The standard InChI is InChI=1S/C44H74N5O15P/c1-16-32-22(4)25(7)37(46-28(10)50)42(56-32)62-59-35-19-31(41(53)45-21-55-65(54-15)49(13)14)20-36(60-63-43-38(47-29(11)51)26(8)23(5)33(17-2)57-43)40(35)61-64-44-39(48-30(12)52)27(9)24(6)34(18-3)58-44/h19-20,22-27,32-34,37-39,42-44H,16-18,21H2,1-15H3,(H,45,53)(H,46,50)(H,47,51)(H,48,52)/t22-,23-,24-,25+,26+,27+,32-,33-,34-,37-,38-,39-,42+,43+,44+,65?/m1/s1. The fourth-order valence-electron chi connectivity index (χ4n) is 8.63. The van der Waals surface area contributed by atoms with Crippen LogP contribution in [-0.2, 0) is 52.3 Å². The lowest BCUT2D eigenvalue weighted by Gasteiger charge is -2.44. The van der Waals surface area contributed by atoms with Crippen LogP contribution in [0.5, 0.6) is 17.2 Å². The summed E-state index contributed by atoms with van der Waals surface area (Å²) in [6.45, 7) is 22.0. The van der Waals surface area contributed by atoms with Gasteiger partial charge < -0.3 is 59.2 Å². The van der Waals surface area contributed by atoms with Gasteiger partial charge >= 0.3 is 0 Å². The number of nitrogens with one attached hydrogen (secondary N) is 4. The monoisotopic (exact) mass is 943 g/mol. The van der Waals surface area contributed by atoms with Crippen molar-refractivity contribution >= 4 is 32.2 Å². The fourth-order valence-corrected chi connectivity index (χ4v) is 9.47. The lowest BCUT2D eigenvalue weighted by atomic mass is 9.81. The topological polar surface area (TPSA) is 221 Å². The lowest BCUT2D eigenvalue weighted by molar-refractivity contribution is -0.373. The summed E-state index contributed by atoms with van der Waals surface area (Å²) < 4.78 is 32.0. The Hall–Kier alpha value is -3.43. The molecule has 20 nitrogen and oxygen atoms in total. The quantitative estimate of drug-likeness (QED) is 0.0518. The van der Waals surface area contributed by atoms with Crippen molar-refractivity contribution in [2.45, 2.75) is 158 Å². The predicted octanol–water partition coefficient (Wildman–Crippen LogP) is 5.49. The number of ether oxygens (including phenoxy) is 3. The van der Waals surface area contributed by atoms with Crippen molar-refractivity contribution in [2.24, 2.45) is 35.5 Å². The molecule has 1 unspecified atom stereocenters. The summed E-state index contributed by atoms with van der Waals surface area (Å²) >= 11 is 0. The van der Waals surface area contributed by atoms with Gasteiger partial charge in [0, 0.05) is 45.6 Å². The smallest absolute Gasteiger partial charge is 0.259 e. The molecule has 370 valence electrons. The van der Waals surface area contributed by atoms with Crippen LogP contribution in [0.25, 0.3) is 0 Å². The highest BCUT2D eigenvalue weighted by Crippen LogP contribution is 2.44. The van der Waals surface area contributed by atoms with Crippen molar-refractivity contribution in [2.75, 3.05) is 27.9 Å². The average Bonchev–Trinajstić information content (AvgIpc) is 3.25. The number of carbonyl (C=O) groups excluding carboxylic acids is 4. The van der Waals surface area contributed by atoms with Crippen LogP contribution in [0.2, 0.25) is 0 Å². The molecule has 16 atom stereocenters. The normalized spacial score (nSPS) is 33.1. The zero-order valence-corrected chi connectivity index (χ0v) is 41.6. The van der Waals surface area contributed by atoms with E-state index < -0.39 is 51.4 Å². The minimum atomic E-state index is -1.47. The molecule has 0 saturated carbocycles. The summed E-state index contributed by atoms with van der Waals surface area (Å²) in [4.78, 5) is 87.8. The molecule has 4 N–H and O–H groups in total. The molecule has 21 heteroatoms.